The van der Waals surface area contributed by atoms with Crippen LogP contribution in [0.1, 0.15) is 12.5 Å². The number of fused-ring (bicyclic) bond motifs is 1. The van der Waals surface area contributed by atoms with E-state index in [1.54, 1.807) is 13.0 Å². The topological polar surface area (TPSA) is 83.4 Å². The van der Waals surface area contributed by atoms with Crippen molar-refractivity contribution in [2.45, 2.75) is 20.4 Å². The molecule has 3 heterocycles. The van der Waals surface area contributed by atoms with Gasteiger partial charge in [0.15, 0.2) is 10.8 Å². The van der Waals surface area contributed by atoms with Crippen LogP contribution < -0.4 is 15.8 Å². The average molecular weight is 431 g/mol. The number of hydrogen-bond acceptors (Lipinski definition) is 7. The zero-order valence-corrected chi connectivity index (χ0v) is 17.7. The molecular formula is C20H23FN6O2S. The Morgan fingerprint density at radius 2 is 2.03 bits per heavy atom. The van der Waals surface area contributed by atoms with Crippen LogP contribution in [0, 0.1) is 12.7 Å². The Balaban J connectivity index is 1.49. The SMILES string of the molecule is CCN1CCN(c2nc3ncn(CC(=O)Nc4ccc(F)c(C)c4)c(=O)c3s2)CC1. The number of likely N-dealkylation sites (N-methyl/N-ethyl adjacent to an activating group) is 1. The number of halogens is 1. The maximum Gasteiger partial charge on any atom is 0.273 e. The van der Waals surface area contributed by atoms with Crippen LogP contribution in [0.4, 0.5) is 15.2 Å². The summed E-state index contributed by atoms with van der Waals surface area (Å²) in [5.74, 6) is -0.722. The molecule has 1 aliphatic heterocycles. The lowest BCUT2D eigenvalue weighted by Crippen LogP contribution is -2.46. The molecule has 0 unspecified atom stereocenters. The van der Waals surface area contributed by atoms with Crippen molar-refractivity contribution in [2.75, 3.05) is 42.9 Å². The van der Waals surface area contributed by atoms with Gasteiger partial charge in [-0.1, -0.05) is 18.3 Å². The van der Waals surface area contributed by atoms with Crippen LogP contribution in [0.15, 0.2) is 29.3 Å². The molecule has 1 N–H and O–H groups in total. The van der Waals surface area contributed by atoms with E-state index in [9.17, 15) is 14.0 Å². The lowest BCUT2D eigenvalue weighted by molar-refractivity contribution is -0.116. The molecular weight excluding hydrogens is 407 g/mol. The van der Waals surface area contributed by atoms with Crippen molar-refractivity contribution in [3.8, 4) is 0 Å². The van der Waals surface area contributed by atoms with Gasteiger partial charge in [0.1, 0.15) is 23.4 Å². The second-order valence-electron chi connectivity index (χ2n) is 7.26. The summed E-state index contributed by atoms with van der Waals surface area (Å²) in [6, 6.07) is 4.33. The first kappa shape index (κ1) is 20.4. The maximum atomic E-state index is 13.4. The second-order valence-corrected chi connectivity index (χ2v) is 8.24. The number of nitrogens with one attached hydrogen (secondary N) is 1. The van der Waals surface area contributed by atoms with E-state index in [4.69, 9.17) is 0 Å². The monoisotopic (exact) mass is 430 g/mol. The van der Waals surface area contributed by atoms with E-state index in [1.165, 1.54) is 34.4 Å². The van der Waals surface area contributed by atoms with Gasteiger partial charge in [-0.3, -0.25) is 14.2 Å². The van der Waals surface area contributed by atoms with Gasteiger partial charge in [0, 0.05) is 31.9 Å². The number of piperazine rings is 1. The summed E-state index contributed by atoms with van der Waals surface area (Å²) in [5, 5.41) is 3.47. The maximum absolute atomic E-state index is 13.4. The number of rotatable bonds is 5. The van der Waals surface area contributed by atoms with Crippen molar-refractivity contribution < 1.29 is 9.18 Å². The van der Waals surface area contributed by atoms with Crippen molar-refractivity contribution in [3.05, 3.63) is 46.3 Å². The number of amides is 1. The minimum atomic E-state index is -0.385. The molecule has 0 saturated carbocycles. The third-order valence-electron chi connectivity index (χ3n) is 5.22. The summed E-state index contributed by atoms with van der Waals surface area (Å²) in [7, 11) is 0. The van der Waals surface area contributed by atoms with Gasteiger partial charge in [0.2, 0.25) is 5.91 Å². The van der Waals surface area contributed by atoms with E-state index < -0.39 is 0 Å². The van der Waals surface area contributed by atoms with Gasteiger partial charge >= 0.3 is 0 Å². The summed E-state index contributed by atoms with van der Waals surface area (Å²) >= 11 is 1.32. The smallest absolute Gasteiger partial charge is 0.273 e. The number of aromatic nitrogens is 3. The van der Waals surface area contributed by atoms with Gasteiger partial charge < -0.3 is 15.1 Å². The van der Waals surface area contributed by atoms with E-state index in [0.29, 0.717) is 21.6 Å². The molecule has 10 heteroatoms. The van der Waals surface area contributed by atoms with E-state index in [1.807, 2.05) is 0 Å². The number of nitrogens with zero attached hydrogens (tertiary/aromatic N) is 5. The molecule has 2 aromatic heterocycles. The number of anilines is 2. The third-order valence-corrected chi connectivity index (χ3v) is 6.31. The van der Waals surface area contributed by atoms with E-state index in [-0.39, 0.29) is 23.8 Å². The minimum absolute atomic E-state index is 0.180. The van der Waals surface area contributed by atoms with Gasteiger partial charge in [0.05, 0.1) is 0 Å². The van der Waals surface area contributed by atoms with Crippen LogP contribution in [-0.4, -0.2) is 58.1 Å². The third kappa shape index (κ3) is 4.19. The minimum Gasteiger partial charge on any atom is -0.345 e. The van der Waals surface area contributed by atoms with E-state index >= 15 is 0 Å². The molecule has 158 valence electrons. The summed E-state index contributed by atoms with van der Waals surface area (Å²) in [5.41, 5.74) is 1.03. The van der Waals surface area contributed by atoms with Crippen molar-refractivity contribution in [1.29, 1.82) is 0 Å². The Morgan fingerprint density at radius 1 is 1.27 bits per heavy atom. The highest BCUT2D eigenvalue weighted by atomic mass is 32.1. The van der Waals surface area contributed by atoms with Crippen molar-refractivity contribution in [1.82, 2.24) is 19.4 Å². The fraction of sp³-hybridized carbons (Fsp3) is 0.400. The summed E-state index contributed by atoms with van der Waals surface area (Å²) < 4.78 is 15.1. The van der Waals surface area contributed by atoms with Gasteiger partial charge in [0.25, 0.3) is 5.56 Å². The molecule has 0 radical (unpaired) electrons. The second kappa shape index (κ2) is 8.49. The lowest BCUT2D eigenvalue weighted by Gasteiger charge is -2.33. The zero-order valence-electron chi connectivity index (χ0n) is 16.9. The molecule has 1 amide bonds. The molecule has 30 heavy (non-hydrogen) atoms. The molecule has 1 fully saturated rings. The number of carbonyl (C=O) groups is 1. The molecule has 1 aromatic carbocycles. The molecule has 3 aromatic rings. The fourth-order valence-electron chi connectivity index (χ4n) is 3.42. The van der Waals surface area contributed by atoms with Crippen molar-refractivity contribution in [2.24, 2.45) is 0 Å². The van der Waals surface area contributed by atoms with E-state index in [2.05, 4.69) is 32.0 Å². The first-order valence-electron chi connectivity index (χ1n) is 9.84. The number of thiazole rings is 1. The van der Waals surface area contributed by atoms with Crippen LogP contribution in [0.5, 0.6) is 0 Å². The predicted octanol–water partition coefficient (Wildman–Crippen LogP) is 2.08. The molecule has 0 atom stereocenters. The van der Waals surface area contributed by atoms with Gasteiger partial charge in [-0.05, 0) is 37.2 Å². The molecule has 0 spiro atoms. The quantitative estimate of drug-likeness (QED) is 0.667. The first-order valence-corrected chi connectivity index (χ1v) is 10.7. The van der Waals surface area contributed by atoms with Crippen LogP contribution >= 0.6 is 11.3 Å². The predicted molar refractivity (Wildman–Crippen MR) is 116 cm³/mol. The Morgan fingerprint density at radius 3 is 2.73 bits per heavy atom. The molecule has 0 bridgehead atoms. The summed E-state index contributed by atoms with van der Waals surface area (Å²) in [6.45, 7) is 8.27. The van der Waals surface area contributed by atoms with Gasteiger partial charge in [-0.15, -0.1) is 0 Å². The van der Waals surface area contributed by atoms with E-state index in [0.717, 1.165) is 37.9 Å². The highest BCUT2D eigenvalue weighted by molar-refractivity contribution is 7.22. The highest BCUT2D eigenvalue weighted by Gasteiger charge is 2.20. The Kier molecular flexibility index (Phi) is 5.78. The standard InChI is InChI=1S/C20H23FN6O2S/c1-3-25-6-8-26(9-7-25)20-24-18-17(30-20)19(29)27(12-22-18)11-16(28)23-14-4-5-15(21)13(2)10-14/h4-5,10,12H,3,6-9,11H2,1-2H3,(H,23,28). The number of hydrogen-bond donors (Lipinski definition) is 1. The van der Waals surface area contributed by atoms with Gasteiger partial charge in [-0.25, -0.2) is 9.37 Å². The normalized spacial score (nSPS) is 15.0. The molecule has 8 nitrogen and oxygen atoms in total. The Bertz CT molecular complexity index is 1140. The number of carbonyl (C=O) groups excluding carboxylic acids is 1. The first-order chi connectivity index (χ1) is 14.4. The Hall–Kier alpha value is -2.85. The van der Waals surface area contributed by atoms with Crippen LogP contribution in [0.2, 0.25) is 0 Å². The summed E-state index contributed by atoms with van der Waals surface area (Å²) in [6.07, 6.45) is 1.35. The molecule has 4 rings (SSSR count). The molecule has 1 saturated heterocycles. The van der Waals surface area contributed by atoms with Crippen LogP contribution in [0.3, 0.4) is 0 Å². The fourth-order valence-corrected chi connectivity index (χ4v) is 4.44. The largest absolute Gasteiger partial charge is 0.345 e. The molecule has 0 aliphatic carbocycles. The lowest BCUT2D eigenvalue weighted by atomic mass is 10.2. The van der Waals surface area contributed by atoms with Crippen molar-refractivity contribution in [3.63, 3.8) is 0 Å². The Labute approximate surface area is 177 Å². The number of benzene rings is 1. The molecule has 1 aliphatic rings. The van der Waals surface area contributed by atoms with Gasteiger partial charge in [-0.2, -0.15) is 4.98 Å². The average Bonchev–Trinajstić information content (AvgIpc) is 3.18. The van der Waals surface area contributed by atoms with Crippen LogP contribution in [0.25, 0.3) is 10.3 Å². The number of aryl methyl sites for hydroxylation is 1. The van der Waals surface area contributed by atoms with Crippen LogP contribution in [-0.2, 0) is 11.3 Å². The zero-order chi connectivity index (χ0) is 21.3. The summed E-state index contributed by atoms with van der Waals surface area (Å²) in [4.78, 5) is 38.5. The van der Waals surface area contributed by atoms with Crippen molar-refractivity contribution >= 4 is 38.4 Å². The highest BCUT2D eigenvalue weighted by Crippen LogP contribution is 2.26.